The summed E-state index contributed by atoms with van der Waals surface area (Å²) in [5.41, 5.74) is -0.526. The number of anilines is 1. The van der Waals surface area contributed by atoms with Gasteiger partial charge in [0, 0.05) is 6.04 Å². The highest BCUT2D eigenvalue weighted by Crippen LogP contribution is 2.22. The lowest BCUT2D eigenvalue weighted by molar-refractivity contribution is 0.0570. The Morgan fingerprint density at radius 2 is 2.12 bits per heavy atom. The van der Waals surface area contributed by atoms with Gasteiger partial charge < -0.3 is 4.74 Å². The molecule has 0 fully saturated rings. The summed E-state index contributed by atoms with van der Waals surface area (Å²) in [7, 11) is 0. The number of ether oxygens (including phenoxy) is 1. The number of aromatic amines is 1. The summed E-state index contributed by atoms with van der Waals surface area (Å²) in [4.78, 5) is 13.5. The highest BCUT2D eigenvalue weighted by molar-refractivity contribution is 7.73. The smallest absolute Gasteiger partial charge is 0.416 e. The van der Waals surface area contributed by atoms with Crippen molar-refractivity contribution in [2.45, 2.75) is 46.3 Å². The third-order valence-corrected chi connectivity index (χ3v) is 2.83. The Bertz CT molecular complexity index is 445. The van der Waals surface area contributed by atoms with Crippen LogP contribution in [-0.2, 0) is 4.74 Å². The molecular weight excluding hydrogens is 258 g/mol. The van der Waals surface area contributed by atoms with Gasteiger partial charge in [0.15, 0.2) is 3.95 Å². The van der Waals surface area contributed by atoms with Crippen LogP contribution in [0, 0.1) is 3.95 Å². The van der Waals surface area contributed by atoms with Gasteiger partial charge >= 0.3 is 6.09 Å². The van der Waals surface area contributed by atoms with Gasteiger partial charge in [0.05, 0.1) is 0 Å². The lowest BCUT2D eigenvalue weighted by atomic mass is 10.2. The molecule has 0 aliphatic heterocycles. The number of aromatic nitrogens is 2. The third-order valence-electron chi connectivity index (χ3n) is 1.74. The predicted molar refractivity (Wildman–Crippen MR) is 71.1 cm³/mol. The van der Waals surface area contributed by atoms with Crippen LogP contribution in [0.4, 0.5) is 9.93 Å². The Morgan fingerprint density at radius 3 is 2.47 bits per heavy atom. The van der Waals surface area contributed by atoms with Crippen molar-refractivity contribution in [1.29, 1.82) is 0 Å². The maximum atomic E-state index is 12.0. The van der Waals surface area contributed by atoms with E-state index in [9.17, 15) is 4.79 Å². The summed E-state index contributed by atoms with van der Waals surface area (Å²) in [6.07, 6.45) is -0.412. The number of carbonyl (C=O) groups excluding carboxylic acids is 1. The van der Waals surface area contributed by atoms with Crippen LogP contribution in [0.15, 0.2) is 0 Å². The summed E-state index contributed by atoms with van der Waals surface area (Å²) in [5.74, 6) is 0. The summed E-state index contributed by atoms with van der Waals surface area (Å²) >= 11 is 6.21. The zero-order valence-electron chi connectivity index (χ0n) is 10.6. The van der Waals surface area contributed by atoms with Crippen LogP contribution in [0.3, 0.4) is 0 Å². The molecule has 0 aromatic carbocycles. The summed E-state index contributed by atoms with van der Waals surface area (Å²) < 4.78 is 5.87. The molecule has 0 unspecified atom stereocenters. The average Bonchev–Trinajstić information content (AvgIpc) is 2.47. The van der Waals surface area contributed by atoms with Gasteiger partial charge in [-0.15, -0.1) is 5.10 Å². The monoisotopic (exact) mass is 275 g/mol. The first-order chi connectivity index (χ1) is 7.70. The van der Waals surface area contributed by atoms with Crippen LogP contribution < -0.4 is 4.90 Å². The fraction of sp³-hybridized carbons (Fsp3) is 0.700. The molecule has 1 aromatic rings. The lowest BCUT2D eigenvalue weighted by Crippen LogP contribution is -2.41. The molecule has 0 saturated carbocycles. The molecule has 96 valence electrons. The molecule has 1 N–H and O–H groups in total. The number of hydrogen-bond donors (Lipinski definition) is 1. The van der Waals surface area contributed by atoms with Crippen LogP contribution in [0.25, 0.3) is 0 Å². The van der Waals surface area contributed by atoms with Crippen molar-refractivity contribution in [3.63, 3.8) is 0 Å². The first-order valence-corrected chi connectivity index (χ1v) is 6.51. The Morgan fingerprint density at radius 1 is 1.53 bits per heavy atom. The number of nitrogens with zero attached hydrogens (tertiary/aromatic N) is 2. The standard InChI is InChI=1S/C10H17N3O2S2/c1-6(2)13(7-11-12-8(16)17-7)9(14)15-10(3,4)5/h6H,1-5H3,(H,12,16). The Kier molecular flexibility index (Phi) is 4.26. The van der Waals surface area contributed by atoms with Crippen molar-refractivity contribution < 1.29 is 9.53 Å². The molecular formula is C10H17N3O2S2. The largest absolute Gasteiger partial charge is 0.443 e. The minimum absolute atomic E-state index is 0.0428. The topological polar surface area (TPSA) is 58.2 Å². The van der Waals surface area contributed by atoms with Crippen molar-refractivity contribution in [2.24, 2.45) is 0 Å². The molecule has 0 radical (unpaired) electrons. The predicted octanol–water partition coefficient (Wildman–Crippen LogP) is 3.35. The van der Waals surface area contributed by atoms with E-state index in [0.29, 0.717) is 9.09 Å². The van der Waals surface area contributed by atoms with Gasteiger partial charge in [0.25, 0.3) is 0 Å². The maximum Gasteiger partial charge on any atom is 0.416 e. The minimum Gasteiger partial charge on any atom is -0.443 e. The van der Waals surface area contributed by atoms with E-state index >= 15 is 0 Å². The normalized spacial score (nSPS) is 11.6. The van der Waals surface area contributed by atoms with Crippen molar-refractivity contribution in [3.8, 4) is 0 Å². The third kappa shape index (κ3) is 4.08. The van der Waals surface area contributed by atoms with Crippen LogP contribution >= 0.6 is 23.6 Å². The Hall–Kier alpha value is -0.950. The Balaban J connectivity index is 2.95. The number of H-pyrrole nitrogens is 1. The van der Waals surface area contributed by atoms with E-state index in [-0.39, 0.29) is 6.04 Å². The zero-order chi connectivity index (χ0) is 13.2. The second-order valence-electron chi connectivity index (χ2n) is 4.84. The molecule has 17 heavy (non-hydrogen) atoms. The van der Waals surface area contributed by atoms with Crippen molar-refractivity contribution in [3.05, 3.63) is 3.95 Å². The van der Waals surface area contributed by atoms with Crippen LogP contribution in [0.5, 0.6) is 0 Å². The van der Waals surface area contributed by atoms with Crippen LogP contribution in [0.1, 0.15) is 34.6 Å². The number of rotatable bonds is 2. The fourth-order valence-electron chi connectivity index (χ4n) is 1.15. The molecule has 0 spiro atoms. The van der Waals surface area contributed by atoms with Gasteiger partial charge in [-0.05, 0) is 46.8 Å². The molecule has 7 heteroatoms. The molecule has 0 aliphatic carbocycles. The second-order valence-corrected chi connectivity index (χ2v) is 6.48. The summed E-state index contributed by atoms with van der Waals surface area (Å²) in [6.45, 7) is 9.28. The van der Waals surface area contributed by atoms with Gasteiger partial charge in [-0.2, -0.15) is 0 Å². The van der Waals surface area contributed by atoms with E-state index in [4.69, 9.17) is 17.0 Å². The van der Waals surface area contributed by atoms with Crippen molar-refractivity contribution in [1.82, 2.24) is 10.2 Å². The molecule has 0 aliphatic rings. The quantitative estimate of drug-likeness (QED) is 0.841. The van der Waals surface area contributed by atoms with Crippen molar-refractivity contribution in [2.75, 3.05) is 4.90 Å². The highest BCUT2D eigenvalue weighted by Gasteiger charge is 2.27. The molecule has 0 atom stereocenters. The van der Waals surface area contributed by atoms with Crippen LogP contribution in [0.2, 0.25) is 0 Å². The van der Waals surface area contributed by atoms with E-state index < -0.39 is 11.7 Å². The summed E-state index contributed by atoms with van der Waals surface area (Å²) in [6, 6.07) is -0.0428. The van der Waals surface area contributed by atoms with Gasteiger partial charge in [-0.3, -0.25) is 5.10 Å². The number of hydrogen-bond acceptors (Lipinski definition) is 5. The number of amides is 1. The molecule has 1 aromatic heterocycles. The van der Waals surface area contributed by atoms with E-state index in [1.54, 1.807) is 0 Å². The highest BCUT2D eigenvalue weighted by atomic mass is 32.1. The zero-order valence-corrected chi connectivity index (χ0v) is 12.2. The van der Waals surface area contributed by atoms with Gasteiger partial charge in [-0.1, -0.05) is 11.3 Å². The molecule has 0 saturated heterocycles. The number of nitrogens with one attached hydrogen (secondary N) is 1. The first-order valence-electron chi connectivity index (χ1n) is 5.28. The van der Waals surface area contributed by atoms with E-state index in [1.165, 1.54) is 16.2 Å². The summed E-state index contributed by atoms with van der Waals surface area (Å²) in [5, 5.41) is 7.19. The average molecular weight is 275 g/mol. The van der Waals surface area contributed by atoms with Gasteiger partial charge in [-0.25, -0.2) is 9.69 Å². The molecule has 1 amide bonds. The first kappa shape index (κ1) is 14.1. The lowest BCUT2D eigenvalue weighted by Gasteiger charge is -2.27. The fourth-order valence-corrected chi connectivity index (χ4v) is 2.15. The SMILES string of the molecule is CC(C)N(C(=O)OC(C)(C)C)c1n[nH]c(=S)s1. The van der Waals surface area contributed by atoms with Gasteiger partial charge in [0.2, 0.25) is 5.13 Å². The van der Waals surface area contributed by atoms with E-state index in [0.717, 1.165) is 0 Å². The Labute approximate surface area is 110 Å². The van der Waals surface area contributed by atoms with Gasteiger partial charge in [0.1, 0.15) is 5.60 Å². The molecule has 5 nitrogen and oxygen atoms in total. The molecule has 1 heterocycles. The van der Waals surface area contributed by atoms with Crippen molar-refractivity contribution >= 4 is 34.8 Å². The van der Waals surface area contributed by atoms with Crippen LogP contribution in [-0.4, -0.2) is 27.9 Å². The van der Waals surface area contributed by atoms with E-state index in [1.807, 2.05) is 34.6 Å². The minimum atomic E-state index is -0.526. The molecule has 1 rings (SSSR count). The number of carbonyl (C=O) groups is 1. The second kappa shape index (κ2) is 5.14. The van der Waals surface area contributed by atoms with E-state index in [2.05, 4.69) is 10.2 Å². The maximum absolute atomic E-state index is 12.0. The molecule has 0 bridgehead atoms.